The molecule has 2 aromatic rings. The van der Waals surface area contributed by atoms with Crippen molar-refractivity contribution in [2.24, 2.45) is 0 Å². The number of likely N-dealkylation sites (tertiary alicyclic amines) is 1. The maximum atomic E-state index is 12.9. The number of likely N-dealkylation sites (N-methyl/N-ethyl adjacent to an activating group) is 1. The maximum absolute atomic E-state index is 12.9. The second kappa shape index (κ2) is 7.68. The van der Waals surface area contributed by atoms with Crippen LogP contribution >= 0.6 is 11.6 Å². The predicted octanol–water partition coefficient (Wildman–Crippen LogP) is 4.33. The van der Waals surface area contributed by atoms with Gasteiger partial charge in [0.25, 0.3) is 0 Å². The molecule has 1 saturated heterocycles. The number of benzene rings is 2. The van der Waals surface area contributed by atoms with Gasteiger partial charge in [0.2, 0.25) is 0 Å². The van der Waals surface area contributed by atoms with Crippen LogP contribution < -0.4 is 4.74 Å². The third-order valence-electron chi connectivity index (χ3n) is 4.13. The van der Waals surface area contributed by atoms with Gasteiger partial charge in [-0.25, -0.2) is 0 Å². The van der Waals surface area contributed by atoms with Crippen molar-refractivity contribution in [1.29, 1.82) is 0 Å². The predicted molar refractivity (Wildman–Crippen MR) is 103 cm³/mol. The summed E-state index contributed by atoms with van der Waals surface area (Å²) in [6.07, 6.45) is 3.89. The van der Waals surface area contributed by atoms with Crippen molar-refractivity contribution >= 4 is 29.5 Å². The number of carbonyl (C=O) groups is 1. The Balaban J connectivity index is 1.88. The Kier molecular flexibility index (Phi) is 5.37. The van der Waals surface area contributed by atoms with E-state index in [-0.39, 0.29) is 5.78 Å². The van der Waals surface area contributed by atoms with Gasteiger partial charge >= 0.3 is 0 Å². The van der Waals surface area contributed by atoms with Gasteiger partial charge < -0.3 is 4.74 Å². The molecular formula is C21H20ClNO2. The summed E-state index contributed by atoms with van der Waals surface area (Å²) in [7, 11) is 3.66. The second-order valence-electron chi connectivity index (χ2n) is 6.17. The topological polar surface area (TPSA) is 29.5 Å². The molecule has 0 saturated carbocycles. The first kappa shape index (κ1) is 17.5. The van der Waals surface area contributed by atoms with Crippen LogP contribution in [0.25, 0.3) is 12.2 Å². The molecule has 0 atom stereocenters. The lowest BCUT2D eigenvalue weighted by Gasteiger charge is -2.26. The SMILES string of the molecule is COc1ccc(/C=C2\CN(C)C/C(=C\c3ccc(Cl)cc3)C2=O)cc1. The monoisotopic (exact) mass is 353 g/mol. The molecular weight excluding hydrogens is 334 g/mol. The lowest BCUT2D eigenvalue weighted by molar-refractivity contribution is -0.113. The van der Waals surface area contributed by atoms with E-state index in [1.165, 1.54) is 0 Å². The fourth-order valence-electron chi connectivity index (χ4n) is 2.87. The molecule has 1 aliphatic rings. The largest absolute Gasteiger partial charge is 0.497 e. The Morgan fingerprint density at radius 1 is 0.920 bits per heavy atom. The average Bonchev–Trinajstić information content (AvgIpc) is 2.61. The molecule has 3 rings (SSSR count). The summed E-state index contributed by atoms with van der Waals surface area (Å²) >= 11 is 5.93. The molecule has 0 unspecified atom stereocenters. The lowest BCUT2D eigenvalue weighted by atomic mass is 9.94. The zero-order valence-electron chi connectivity index (χ0n) is 14.3. The maximum Gasteiger partial charge on any atom is 0.187 e. The number of hydrogen-bond acceptors (Lipinski definition) is 3. The summed E-state index contributed by atoms with van der Waals surface area (Å²) in [6.45, 7) is 1.28. The van der Waals surface area contributed by atoms with Gasteiger partial charge in [-0.3, -0.25) is 9.69 Å². The minimum atomic E-state index is 0.101. The molecule has 4 heteroatoms. The van der Waals surface area contributed by atoms with E-state index in [9.17, 15) is 4.79 Å². The Morgan fingerprint density at radius 3 is 1.88 bits per heavy atom. The standard InChI is InChI=1S/C21H20ClNO2/c1-23-13-17(11-15-3-7-19(22)8-4-15)21(24)18(14-23)12-16-5-9-20(25-2)10-6-16/h3-12H,13-14H2,1-2H3/b17-11+,18-12+. The zero-order chi connectivity index (χ0) is 17.8. The number of piperidine rings is 1. The average molecular weight is 354 g/mol. The van der Waals surface area contributed by atoms with Gasteiger partial charge in [-0.15, -0.1) is 0 Å². The van der Waals surface area contributed by atoms with E-state index in [4.69, 9.17) is 16.3 Å². The van der Waals surface area contributed by atoms with Gasteiger partial charge in [0, 0.05) is 29.3 Å². The lowest BCUT2D eigenvalue weighted by Crippen LogP contribution is -2.34. The molecule has 0 aromatic heterocycles. The van der Waals surface area contributed by atoms with Gasteiger partial charge in [-0.2, -0.15) is 0 Å². The van der Waals surface area contributed by atoms with Crippen molar-refractivity contribution < 1.29 is 9.53 Å². The minimum absolute atomic E-state index is 0.101. The number of nitrogens with zero attached hydrogens (tertiary/aromatic N) is 1. The minimum Gasteiger partial charge on any atom is -0.497 e. The smallest absolute Gasteiger partial charge is 0.187 e. The number of rotatable bonds is 3. The number of Topliss-reactive ketones (excluding diaryl/α,β-unsaturated/α-hetero) is 1. The Hall–Kier alpha value is -2.36. The van der Waals surface area contributed by atoms with Crippen LogP contribution in [0.1, 0.15) is 11.1 Å². The van der Waals surface area contributed by atoms with E-state index in [0.29, 0.717) is 18.1 Å². The number of hydrogen-bond donors (Lipinski definition) is 0. The fourth-order valence-corrected chi connectivity index (χ4v) is 3.00. The van der Waals surface area contributed by atoms with Crippen LogP contribution in [0.5, 0.6) is 5.75 Å². The van der Waals surface area contributed by atoms with E-state index in [1.54, 1.807) is 7.11 Å². The molecule has 0 N–H and O–H groups in total. The summed E-state index contributed by atoms with van der Waals surface area (Å²) in [5.74, 6) is 0.904. The van der Waals surface area contributed by atoms with Gasteiger partial charge in [-0.05, 0) is 54.6 Å². The first-order valence-electron chi connectivity index (χ1n) is 8.09. The summed E-state index contributed by atoms with van der Waals surface area (Å²) in [4.78, 5) is 15.0. The quantitative estimate of drug-likeness (QED) is 0.769. The summed E-state index contributed by atoms with van der Waals surface area (Å²) in [6, 6.07) is 15.2. The van der Waals surface area contributed by atoms with Crippen molar-refractivity contribution in [3.05, 3.63) is 75.8 Å². The fraction of sp³-hybridized carbons (Fsp3) is 0.190. The second-order valence-corrected chi connectivity index (χ2v) is 6.60. The highest BCUT2D eigenvalue weighted by Crippen LogP contribution is 2.22. The van der Waals surface area contributed by atoms with E-state index < -0.39 is 0 Å². The summed E-state index contributed by atoms with van der Waals surface area (Å²) in [5, 5.41) is 0.689. The van der Waals surface area contributed by atoms with E-state index in [0.717, 1.165) is 28.0 Å². The van der Waals surface area contributed by atoms with E-state index in [2.05, 4.69) is 4.90 Å². The highest BCUT2D eigenvalue weighted by atomic mass is 35.5. The van der Waals surface area contributed by atoms with Crippen molar-refractivity contribution in [3.8, 4) is 5.75 Å². The van der Waals surface area contributed by atoms with Crippen LogP contribution in [0, 0.1) is 0 Å². The van der Waals surface area contributed by atoms with Crippen LogP contribution in [0.2, 0.25) is 5.02 Å². The zero-order valence-corrected chi connectivity index (χ0v) is 15.1. The molecule has 1 aliphatic heterocycles. The van der Waals surface area contributed by atoms with Gasteiger partial charge in [0.05, 0.1) is 7.11 Å². The Labute approximate surface area is 153 Å². The third-order valence-corrected chi connectivity index (χ3v) is 4.38. The van der Waals surface area contributed by atoms with Crippen LogP contribution in [0.15, 0.2) is 59.7 Å². The molecule has 2 aromatic carbocycles. The molecule has 0 bridgehead atoms. The normalized spacial score (nSPS) is 18.8. The molecule has 0 aliphatic carbocycles. The van der Waals surface area contributed by atoms with Crippen LogP contribution in [-0.2, 0) is 4.79 Å². The van der Waals surface area contributed by atoms with E-state index >= 15 is 0 Å². The summed E-state index contributed by atoms with van der Waals surface area (Å²) < 4.78 is 5.17. The third kappa shape index (κ3) is 4.38. The first-order valence-corrected chi connectivity index (χ1v) is 8.47. The molecule has 0 amide bonds. The Bertz CT molecular complexity index is 820. The molecule has 25 heavy (non-hydrogen) atoms. The highest BCUT2D eigenvalue weighted by molar-refractivity contribution is 6.30. The molecule has 0 radical (unpaired) electrons. The van der Waals surface area contributed by atoms with E-state index in [1.807, 2.05) is 67.7 Å². The number of carbonyl (C=O) groups excluding carboxylic acids is 1. The Morgan fingerprint density at radius 2 is 1.40 bits per heavy atom. The molecule has 128 valence electrons. The molecule has 3 nitrogen and oxygen atoms in total. The highest BCUT2D eigenvalue weighted by Gasteiger charge is 2.23. The number of ketones is 1. The van der Waals surface area contributed by atoms with Crippen LogP contribution in [0.3, 0.4) is 0 Å². The molecule has 1 heterocycles. The number of ether oxygens (including phenoxy) is 1. The van der Waals surface area contributed by atoms with Gasteiger partial charge in [0.1, 0.15) is 5.75 Å². The number of halogens is 1. The van der Waals surface area contributed by atoms with Crippen molar-refractivity contribution in [3.63, 3.8) is 0 Å². The molecule has 0 spiro atoms. The van der Waals surface area contributed by atoms with Gasteiger partial charge in [0.15, 0.2) is 5.78 Å². The van der Waals surface area contributed by atoms with Crippen molar-refractivity contribution in [2.75, 3.05) is 27.2 Å². The van der Waals surface area contributed by atoms with Crippen LogP contribution in [-0.4, -0.2) is 37.9 Å². The molecule has 1 fully saturated rings. The summed E-state index contributed by atoms with van der Waals surface area (Å²) in [5.41, 5.74) is 3.55. The van der Waals surface area contributed by atoms with Crippen molar-refractivity contribution in [1.82, 2.24) is 4.90 Å². The van der Waals surface area contributed by atoms with Crippen molar-refractivity contribution in [2.45, 2.75) is 0 Å². The van der Waals surface area contributed by atoms with Gasteiger partial charge in [-0.1, -0.05) is 35.9 Å². The number of methoxy groups -OCH3 is 1. The first-order chi connectivity index (χ1) is 12.0. The van der Waals surface area contributed by atoms with Crippen LogP contribution in [0.4, 0.5) is 0 Å².